The molecule has 0 saturated carbocycles. The third-order valence-electron chi connectivity index (χ3n) is 3.07. The highest BCUT2D eigenvalue weighted by atomic mass is 19.1. The van der Waals surface area contributed by atoms with Gasteiger partial charge < -0.3 is 4.90 Å². The molecule has 0 heterocycles. The van der Waals surface area contributed by atoms with Crippen molar-refractivity contribution in [3.8, 4) is 0 Å². The minimum absolute atomic E-state index is 0.0943. The fourth-order valence-corrected chi connectivity index (χ4v) is 1.96. The normalized spacial score (nSPS) is 10.1. The molecule has 2 aromatic rings. The van der Waals surface area contributed by atoms with Gasteiger partial charge in [0.05, 0.1) is 6.54 Å². The van der Waals surface area contributed by atoms with Crippen molar-refractivity contribution in [1.29, 1.82) is 0 Å². The van der Waals surface area contributed by atoms with Crippen molar-refractivity contribution in [2.24, 2.45) is 0 Å². The Morgan fingerprint density at radius 1 is 1.10 bits per heavy atom. The van der Waals surface area contributed by atoms with Crippen LogP contribution < -0.4 is 0 Å². The standard InChI is InChI=1S/C17H16FNO/c1-13(16-8-10-17(18)11-9-16)19(14(2)20)12-15-6-4-3-5-7-15/h3-11H,1,12H2,2H3. The second-order valence-corrected chi connectivity index (χ2v) is 4.54. The van der Waals surface area contributed by atoms with Crippen molar-refractivity contribution in [3.63, 3.8) is 0 Å². The lowest BCUT2D eigenvalue weighted by Gasteiger charge is -2.23. The number of nitrogens with zero attached hydrogens (tertiary/aromatic N) is 1. The molecule has 0 radical (unpaired) electrons. The number of carbonyl (C=O) groups excluding carboxylic acids is 1. The van der Waals surface area contributed by atoms with Crippen molar-refractivity contribution in [2.75, 3.05) is 0 Å². The van der Waals surface area contributed by atoms with Crippen molar-refractivity contribution in [2.45, 2.75) is 13.5 Å². The molecule has 0 spiro atoms. The lowest BCUT2D eigenvalue weighted by Crippen LogP contribution is -2.26. The first kappa shape index (κ1) is 14.0. The van der Waals surface area contributed by atoms with Gasteiger partial charge >= 0.3 is 0 Å². The van der Waals surface area contributed by atoms with Gasteiger partial charge in [-0.25, -0.2) is 4.39 Å². The number of carbonyl (C=O) groups is 1. The molecule has 20 heavy (non-hydrogen) atoms. The highest BCUT2D eigenvalue weighted by Crippen LogP contribution is 2.20. The lowest BCUT2D eigenvalue weighted by atomic mass is 10.1. The summed E-state index contributed by atoms with van der Waals surface area (Å²) in [6.07, 6.45) is 0. The van der Waals surface area contributed by atoms with Crippen LogP contribution in [-0.4, -0.2) is 10.8 Å². The molecule has 0 aliphatic rings. The van der Waals surface area contributed by atoms with Crippen molar-refractivity contribution < 1.29 is 9.18 Å². The van der Waals surface area contributed by atoms with E-state index in [2.05, 4.69) is 6.58 Å². The van der Waals surface area contributed by atoms with Crippen LogP contribution in [0.1, 0.15) is 18.1 Å². The SMILES string of the molecule is C=C(c1ccc(F)cc1)N(Cc1ccccc1)C(C)=O. The van der Waals surface area contributed by atoms with Gasteiger partial charge in [0.1, 0.15) is 5.82 Å². The van der Waals surface area contributed by atoms with Crippen LogP contribution in [0, 0.1) is 5.82 Å². The summed E-state index contributed by atoms with van der Waals surface area (Å²) < 4.78 is 12.9. The van der Waals surface area contributed by atoms with E-state index >= 15 is 0 Å². The van der Waals surface area contributed by atoms with Gasteiger partial charge in [-0.2, -0.15) is 0 Å². The van der Waals surface area contributed by atoms with Crippen molar-refractivity contribution in [3.05, 3.63) is 78.1 Å². The van der Waals surface area contributed by atoms with E-state index in [1.165, 1.54) is 19.1 Å². The van der Waals surface area contributed by atoms with Crippen LogP contribution in [-0.2, 0) is 11.3 Å². The van der Waals surface area contributed by atoms with Crippen LogP contribution in [0.2, 0.25) is 0 Å². The van der Waals surface area contributed by atoms with Crippen LogP contribution in [0.15, 0.2) is 61.2 Å². The van der Waals surface area contributed by atoms with E-state index in [0.29, 0.717) is 12.2 Å². The predicted octanol–water partition coefficient (Wildman–Crippen LogP) is 3.85. The fourth-order valence-electron chi connectivity index (χ4n) is 1.96. The molecule has 1 amide bonds. The van der Waals surface area contributed by atoms with Crippen molar-refractivity contribution >= 4 is 11.6 Å². The largest absolute Gasteiger partial charge is 0.308 e. The van der Waals surface area contributed by atoms with Gasteiger partial charge in [-0.15, -0.1) is 0 Å². The zero-order valence-electron chi connectivity index (χ0n) is 11.3. The molecule has 0 saturated heterocycles. The molecular weight excluding hydrogens is 253 g/mol. The van der Waals surface area contributed by atoms with Gasteiger partial charge in [-0.1, -0.05) is 49.0 Å². The molecule has 0 unspecified atom stereocenters. The van der Waals surface area contributed by atoms with Crippen LogP contribution in [0.3, 0.4) is 0 Å². The van der Waals surface area contributed by atoms with E-state index < -0.39 is 0 Å². The van der Waals surface area contributed by atoms with E-state index in [0.717, 1.165) is 11.1 Å². The second kappa shape index (κ2) is 6.15. The summed E-state index contributed by atoms with van der Waals surface area (Å²) in [5.74, 6) is -0.401. The Morgan fingerprint density at radius 3 is 2.25 bits per heavy atom. The monoisotopic (exact) mass is 269 g/mol. The molecule has 2 nitrogen and oxygen atoms in total. The molecule has 2 rings (SSSR count). The highest BCUT2D eigenvalue weighted by Gasteiger charge is 2.14. The summed E-state index contributed by atoms with van der Waals surface area (Å²) in [6.45, 7) is 5.90. The number of halogens is 1. The molecule has 0 aliphatic heterocycles. The number of benzene rings is 2. The summed E-state index contributed by atoms with van der Waals surface area (Å²) in [5.41, 5.74) is 2.32. The molecule has 0 aromatic heterocycles. The topological polar surface area (TPSA) is 20.3 Å². The first-order valence-corrected chi connectivity index (χ1v) is 6.35. The summed E-state index contributed by atoms with van der Waals surface area (Å²) in [4.78, 5) is 13.4. The minimum atomic E-state index is -0.306. The van der Waals surface area contributed by atoms with E-state index in [-0.39, 0.29) is 11.7 Å². The minimum Gasteiger partial charge on any atom is -0.308 e. The third kappa shape index (κ3) is 3.32. The molecule has 0 N–H and O–H groups in total. The third-order valence-corrected chi connectivity index (χ3v) is 3.07. The fraction of sp³-hybridized carbons (Fsp3) is 0.118. The Balaban J connectivity index is 2.22. The van der Waals surface area contributed by atoms with Gasteiger partial charge in [0.15, 0.2) is 0 Å². The summed E-state index contributed by atoms with van der Waals surface area (Å²) in [7, 11) is 0. The van der Waals surface area contributed by atoms with Gasteiger partial charge in [-0.05, 0) is 23.3 Å². The van der Waals surface area contributed by atoms with Gasteiger partial charge in [-0.3, -0.25) is 4.79 Å². The molecule has 0 bridgehead atoms. The molecule has 3 heteroatoms. The first-order chi connectivity index (χ1) is 9.58. The van der Waals surface area contributed by atoms with Crippen LogP contribution in [0.25, 0.3) is 5.70 Å². The molecule has 0 atom stereocenters. The van der Waals surface area contributed by atoms with Crippen molar-refractivity contribution in [1.82, 2.24) is 4.90 Å². The quantitative estimate of drug-likeness (QED) is 0.825. The Bertz CT molecular complexity index is 605. The smallest absolute Gasteiger partial charge is 0.224 e. The van der Waals surface area contributed by atoms with Crippen LogP contribution in [0.4, 0.5) is 4.39 Å². The number of hydrogen-bond acceptors (Lipinski definition) is 1. The Labute approximate surface area is 118 Å². The Hall–Kier alpha value is -2.42. The summed E-state index contributed by atoms with van der Waals surface area (Å²) >= 11 is 0. The number of hydrogen-bond donors (Lipinski definition) is 0. The molecule has 0 fully saturated rings. The summed E-state index contributed by atoms with van der Waals surface area (Å²) in [5, 5.41) is 0. The van der Waals surface area contributed by atoms with Gasteiger partial charge in [0, 0.05) is 12.6 Å². The number of amides is 1. The Kier molecular flexibility index (Phi) is 4.31. The molecule has 2 aromatic carbocycles. The molecule has 0 aliphatic carbocycles. The summed E-state index contributed by atoms with van der Waals surface area (Å²) in [6, 6.07) is 15.7. The molecular formula is C17H16FNO. The predicted molar refractivity (Wildman–Crippen MR) is 78.1 cm³/mol. The average molecular weight is 269 g/mol. The maximum atomic E-state index is 12.9. The zero-order valence-corrected chi connectivity index (χ0v) is 11.3. The van der Waals surface area contributed by atoms with Crippen LogP contribution in [0.5, 0.6) is 0 Å². The van der Waals surface area contributed by atoms with E-state index in [4.69, 9.17) is 0 Å². The number of rotatable bonds is 4. The average Bonchev–Trinajstić information content (AvgIpc) is 2.45. The Morgan fingerprint density at radius 2 is 1.70 bits per heavy atom. The van der Waals surface area contributed by atoms with E-state index in [1.807, 2.05) is 30.3 Å². The van der Waals surface area contributed by atoms with Crippen LogP contribution >= 0.6 is 0 Å². The maximum Gasteiger partial charge on any atom is 0.224 e. The maximum absolute atomic E-state index is 12.9. The van der Waals surface area contributed by atoms with Gasteiger partial charge in [0.2, 0.25) is 5.91 Å². The van der Waals surface area contributed by atoms with E-state index in [9.17, 15) is 9.18 Å². The molecule has 102 valence electrons. The van der Waals surface area contributed by atoms with Gasteiger partial charge in [0.25, 0.3) is 0 Å². The van der Waals surface area contributed by atoms with E-state index in [1.54, 1.807) is 17.0 Å². The second-order valence-electron chi connectivity index (χ2n) is 4.54. The highest BCUT2D eigenvalue weighted by molar-refractivity contribution is 5.84. The lowest BCUT2D eigenvalue weighted by molar-refractivity contribution is -0.126. The zero-order chi connectivity index (χ0) is 14.5. The first-order valence-electron chi connectivity index (χ1n) is 6.35.